The Kier molecular flexibility index (Phi) is 7.91. The highest BCUT2D eigenvalue weighted by Crippen LogP contribution is 2.34. The fourth-order valence-electron chi connectivity index (χ4n) is 3.05. The van der Waals surface area contributed by atoms with Gasteiger partial charge < -0.3 is 14.8 Å². The third-order valence-corrected chi connectivity index (χ3v) is 6.02. The third-order valence-electron chi connectivity index (χ3n) is 4.55. The van der Waals surface area contributed by atoms with Crippen molar-refractivity contribution in [1.29, 1.82) is 0 Å². The maximum absolute atomic E-state index is 13.0. The largest absolute Gasteiger partial charge is 0.495 e. The van der Waals surface area contributed by atoms with Gasteiger partial charge in [0.25, 0.3) is 0 Å². The minimum atomic E-state index is -3.88. The summed E-state index contributed by atoms with van der Waals surface area (Å²) in [6.45, 7) is 5.03. The van der Waals surface area contributed by atoms with Gasteiger partial charge in [-0.1, -0.05) is 17.7 Å². The Morgan fingerprint density at radius 2 is 1.90 bits per heavy atom. The van der Waals surface area contributed by atoms with Gasteiger partial charge in [0, 0.05) is 10.7 Å². The van der Waals surface area contributed by atoms with Crippen LogP contribution < -0.4 is 14.4 Å². The topological polar surface area (TPSA) is 102 Å². The number of ether oxygens (including phenoxy) is 2. The second-order valence-electron chi connectivity index (χ2n) is 6.74. The normalized spacial score (nSPS) is 12.1. The SMILES string of the molecule is CCOC(=O)c1cccc(NC(=O)[C@H](C)N(c2cc(Cl)ccc2OC)S(C)(=O)=O)c1C. The van der Waals surface area contributed by atoms with Crippen LogP contribution in [0.25, 0.3) is 0 Å². The van der Waals surface area contributed by atoms with E-state index in [0.29, 0.717) is 16.8 Å². The minimum Gasteiger partial charge on any atom is -0.495 e. The maximum atomic E-state index is 13.0. The molecular formula is C21H25ClN2O6S. The molecule has 2 rings (SSSR count). The van der Waals surface area contributed by atoms with Gasteiger partial charge >= 0.3 is 5.97 Å². The summed E-state index contributed by atoms with van der Waals surface area (Å²) in [6.07, 6.45) is 0.990. The van der Waals surface area contributed by atoms with Crippen molar-refractivity contribution >= 4 is 44.9 Å². The Morgan fingerprint density at radius 3 is 2.48 bits per heavy atom. The zero-order valence-corrected chi connectivity index (χ0v) is 19.5. The highest BCUT2D eigenvalue weighted by Gasteiger charge is 2.32. The summed E-state index contributed by atoms with van der Waals surface area (Å²) in [4.78, 5) is 25.1. The third kappa shape index (κ3) is 5.68. The molecular weight excluding hydrogens is 444 g/mol. The predicted octanol–water partition coefficient (Wildman–Crippen LogP) is 3.63. The summed E-state index contributed by atoms with van der Waals surface area (Å²) in [6, 6.07) is 8.16. The number of benzene rings is 2. The molecule has 0 aromatic heterocycles. The number of methoxy groups -OCH3 is 1. The first kappa shape index (κ1) is 24.5. The Balaban J connectivity index is 2.42. The Labute approximate surface area is 187 Å². The number of hydrogen-bond acceptors (Lipinski definition) is 6. The number of carbonyl (C=O) groups is 2. The molecule has 0 fully saturated rings. The summed E-state index contributed by atoms with van der Waals surface area (Å²) in [5.74, 6) is -0.864. The van der Waals surface area contributed by atoms with Crippen LogP contribution in [0.5, 0.6) is 5.75 Å². The van der Waals surface area contributed by atoms with Crippen molar-refractivity contribution in [2.75, 3.05) is 29.6 Å². The van der Waals surface area contributed by atoms with Gasteiger partial charge in [-0.05, 0) is 56.7 Å². The summed E-state index contributed by atoms with van der Waals surface area (Å²) < 4.78 is 36.4. The van der Waals surface area contributed by atoms with E-state index >= 15 is 0 Å². The fourth-order valence-corrected chi connectivity index (χ4v) is 4.39. The molecule has 0 bridgehead atoms. The molecule has 0 aliphatic rings. The van der Waals surface area contributed by atoms with Crippen molar-refractivity contribution in [2.45, 2.75) is 26.8 Å². The second-order valence-corrected chi connectivity index (χ2v) is 9.03. The second kappa shape index (κ2) is 10.0. The predicted molar refractivity (Wildman–Crippen MR) is 121 cm³/mol. The van der Waals surface area contributed by atoms with E-state index in [1.165, 1.54) is 26.2 Å². The van der Waals surface area contributed by atoms with Crippen LogP contribution in [-0.4, -0.2) is 46.3 Å². The maximum Gasteiger partial charge on any atom is 0.338 e. The number of sulfonamides is 1. The number of halogens is 1. The monoisotopic (exact) mass is 468 g/mol. The Hall–Kier alpha value is -2.78. The summed E-state index contributed by atoms with van der Waals surface area (Å²) in [5.41, 5.74) is 1.32. The molecule has 168 valence electrons. The molecule has 2 aromatic carbocycles. The molecule has 0 unspecified atom stereocenters. The zero-order chi connectivity index (χ0) is 23.3. The molecule has 0 saturated heterocycles. The van der Waals surface area contributed by atoms with E-state index in [1.54, 1.807) is 38.1 Å². The van der Waals surface area contributed by atoms with Crippen LogP contribution in [0.3, 0.4) is 0 Å². The number of amides is 1. The molecule has 10 heteroatoms. The first-order valence-corrected chi connectivity index (χ1v) is 11.6. The van der Waals surface area contributed by atoms with Gasteiger partial charge in [-0.15, -0.1) is 0 Å². The van der Waals surface area contributed by atoms with Crippen molar-refractivity contribution in [3.8, 4) is 5.75 Å². The van der Waals surface area contributed by atoms with E-state index in [9.17, 15) is 18.0 Å². The number of nitrogens with zero attached hydrogens (tertiary/aromatic N) is 1. The molecule has 1 atom stereocenters. The number of anilines is 2. The van der Waals surface area contributed by atoms with Crippen molar-refractivity contribution in [2.24, 2.45) is 0 Å². The molecule has 2 aromatic rings. The summed E-state index contributed by atoms with van der Waals surface area (Å²) >= 11 is 6.05. The van der Waals surface area contributed by atoms with Crippen LogP contribution in [-0.2, 0) is 19.6 Å². The van der Waals surface area contributed by atoms with Crippen LogP contribution >= 0.6 is 11.6 Å². The van der Waals surface area contributed by atoms with E-state index in [2.05, 4.69) is 5.32 Å². The molecule has 0 saturated carbocycles. The van der Waals surface area contributed by atoms with Gasteiger partial charge in [-0.2, -0.15) is 0 Å². The van der Waals surface area contributed by atoms with Crippen molar-refractivity contribution < 1.29 is 27.5 Å². The lowest BCUT2D eigenvalue weighted by Crippen LogP contribution is -2.45. The quantitative estimate of drug-likeness (QED) is 0.593. The van der Waals surface area contributed by atoms with Gasteiger partial charge in [-0.25, -0.2) is 13.2 Å². The van der Waals surface area contributed by atoms with E-state index in [4.69, 9.17) is 21.1 Å². The number of rotatable bonds is 8. The smallest absolute Gasteiger partial charge is 0.338 e. The van der Waals surface area contributed by atoms with E-state index < -0.39 is 27.9 Å². The molecule has 0 heterocycles. The fraction of sp³-hybridized carbons (Fsp3) is 0.333. The van der Waals surface area contributed by atoms with Gasteiger partial charge in [0.2, 0.25) is 15.9 Å². The van der Waals surface area contributed by atoms with Crippen LogP contribution in [0, 0.1) is 6.92 Å². The Morgan fingerprint density at radius 1 is 1.23 bits per heavy atom. The van der Waals surface area contributed by atoms with Crippen LogP contribution in [0.15, 0.2) is 36.4 Å². The zero-order valence-electron chi connectivity index (χ0n) is 17.9. The molecule has 0 aliphatic carbocycles. The van der Waals surface area contributed by atoms with Gasteiger partial charge in [0.05, 0.1) is 31.2 Å². The van der Waals surface area contributed by atoms with Crippen molar-refractivity contribution in [1.82, 2.24) is 0 Å². The molecule has 1 N–H and O–H groups in total. The molecule has 0 radical (unpaired) electrons. The minimum absolute atomic E-state index is 0.136. The first-order chi connectivity index (χ1) is 14.5. The number of carbonyl (C=O) groups excluding carboxylic acids is 2. The van der Waals surface area contributed by atoms with Crippen molar-refractivity contribution in [3.05, 3.63) is 52.5 Å². The molecule has 0 spiro atoms. The van der Waals surface area contributed by atoms with E-state index in [1.807, 2.05) is 0 Å². The highest BCUT2D eigenvalue weighted by molar-refractivity contribution is 7.92. The molecule has 1 amide bonds. The molecule has 31 heavy (non-hydrogen) atoms. The average molecular weight is 469 g/mol. The summed E-state index contributed by atoms with van der Waals surface area (Å²) in [5, 5.41) is 2.98. The number of hydrogen-bond donors (Lipinski definition) is 1. The lowest BCUT2D eigenvalue weighted by atomic mass is 10.1. The van der Waals surface area contributed by atoms with Gasteiger partial charge in [0.15, 0.2) is 0 Å². The van der Waals surface area contributed by atoms with E-state index in [0.717, 1.165) is 10.6 Å². The van der Waals surface area contributed by atoms with E-state index in [-0.39, 0.29) is 23.1 Å². The standard InChI is InChI=1S/C21H25ClN2O6S/c1-6-30-21(26)16-8-7-9-17(13(16)2)23-20(25)14(3)24(31(5,27)28)18-12-15(22)10-11-19(18)29-4/h7-12,14H,6H2,1-5H3,(H,23,25)/t14-/m0/s1. The number of nitrogens with one attached hydrogen (secondary N) is 1. The number of esters is 1. The molecule has 0 aliphatic heterocycles. The average Bonchev–Trinajstić information content (AvgIpc) is 2.68. The summed E-state index contributed by atoms with van der Waals surface area (Å²) in [7, 11) is -2.49. The highest BCUT2D eigenvalue weighted by atomic mass is 35.5. The van der Waals surface area contributed by atoms with Crippen LogP contribution in [0.4, 0.5) is 11.4 Å². The van der Waals surface area contributed by atoms with Crippen LogP contribution in [0.1, 0.15) is 29.8 Å². The lowest BCUT2D eigenvalue weighted by Gasteiger charge is -2.29. The lowest BCUT2D eigenvalue weighted by molar-refractivity contribution is -0.116. The first-order valence-electron chi connectivity index (χ1n) is 9.41. The van der Waals surface area contributed by atoms with Crippen LogP contribution in [0.2, 0.25) is 5.02 Å². The van der Waals surface area contributed by atoms with Gasteiger partial charge in [0.1, 0.15) is 11.8 Å². The van der Waals surface area contributed by atoms with Gasteiger partial charge in [-0.3, -0.25) is 9.10 Å². The molecule has 8 nitrogen and oxygen atoms in total. The van der Waals surface area contributed by atoms with Crippen molar-refractivity contribution in [3.63, 3.8) is 0 Å². The Bertz CT molecular complexity index is 1090.